The smallest absolute Gasteiger partial charge is 0.202 e. The Bertz CT molecular complexity index is 774. The zero-order chi connectivity index (χ0) is 15.2. The van der Waals surface area contributed by atoms with E-state index in [2.05, 4.69) is 0 Å². The van der Waals surface area contributed by atoms with Crippen LogP contribution in [0.3, 0.4) is 0 Å². The predicted octanol–water partition coefficient (Wildman–Crippen LogP) is 4.81. The highest BCUT2D eigenvalue weighted by Crippen LogP contribution is 2.70. The summed E-state index contributed by atoms with van der Waals surface area (Å²) in [4.78, 5) is 0. The van der Waals surface area contributed by atoms with Crippen molar-refractivity contribution in [1.82, 2.24) is 4.57 Å². The Kier molecular flexibility index (Phi) is 2.48. The van der Waals surface area contributed by atoms with E-state index in [4.69, 9.17) is 23.2 Å². The predicted molar refractivity (Wildman–Crippen MR) is 85.4 cm³/mol. The molecule has 2 bridgehead atoms. The molecule has 1 aromatic carbocycles. The maximum atomic E-state index is 10.8. The standard InChI is InChI=1S/C17H15Cl2NO2/c18-12-4-1-7(5-13(12)19)20-16(21)14-8-2-3-9(11-6-10(8)11)15(14)17(20)22/h1,4-5,8-11,21-22H,2-3,6H2/t8-,9+,10+,11-. The minimum Gasteiger partial charge on any atom is -0.494 e. The first-order chi connectivity index (χ1) is 10.6. The summed E-state index contributed by atoms with van der Waals surface area (Å²) in [5.74, 6) is 2.57. The zero-order valence-corrected chi connectivity index (χ0v) is 13.3. The summed E-state index contributed by atoms with van der Waals surface area (Å²) in [6, 6.07) is 5.13. The van der Waals surface area contributed by atoms with E-state index in [1.165, 1.54) is 11.0 Å². The van der Waals surface area contributed by atoms with Gasteiger partial charge in [0.1, 0.15) is 0 Å². The molecule has 1 aromatic heterocycles. The van der Waals surface area contributed by atoms with Crippen LogP contribution in [0.15, 0.2) is 18.2 Å². The van der Waals surface area contributed by atoms with E-state index in [0.29, 0.717) is 39.4 Å². The van der Waals surface area contributed by atoms with Crippen LogP contribution in [0.1, 0.15) is 42.2 Å². The number of nitrogens with zero attached hydrogens (tertiary/aromatic N) is 1. The summed E-state index contributed by atoms with van der Waals surface area (Å²) >= 11 is 12.1. The highest BCUT2D eigenvalue weighted by atomic mass is 35.5. The van der Waals surface area contributed by atoms with Gasteiger partial charge < -0.3 is 10.2 Å². The molecular formula is C17H15Cl2NO2. The van der Waals surface area contributed by atoms with E-state index in [1.54, 1.807) is 18.2 Å². The first kappa shape index (κ1) is 13.1. The van der Waals surface area contributed by atoms with Crippen LogP contribution in [0.2, 0.25) is 10.0 Å². The molecule has 1 heterocycles. The highest BCUT2D eigenvalue weighted by Gasteiger charge is 2.58. The summed E-state index contributed by atoms with van der Waals surface area (Å²) in [5.41, 5.74) is 2.59. The molecule has 3 nitrogen and oxygen atoms in total. The molecule has 2 fully saturated rings. The Morgan fingerprint density at radius 3 is 2.05 bits per heavy atom. The third-order valence-electron chi connectivity index (χ3n) is 5.81. The number of hydrogen-bond donors (Lipinski definition) is 2. The average Bonchev–Trinajstić information content (AvgIpc) is 3.28. The summed E-state index contributed by atoms with van der Waals surface area (Å²) in [6.45, 7) is 0. The summed E-state index contributed by atoms with van der Waals surface area (Å²) in [6.07, 6.45) is 3.49. The number of aromatic hydroxyl groups is 2. The Balaban J connectivity index is 1.74. The summed E-state index contributed by atoms with van der Waals surface area (Å²) < 4.78 is 1.52. The van der Waals surface area contributed by atoms with Crippen molar-refractivity contribution in [2.75, 3.05) is 0 Å². The fourth-order valence-corrected chi connectivity index (χ4v) is 5.14. The average molecular weight is 336 g/mol. The topological polar surface area (TPSA) is 45.4 Å². The molecule has 4 aliphatic rings. The van der Waals surface area contributed by atoms with Crippen LogP contribution in [0.5, 0.6) is 11.8 Å². The molecule has 5 heteroatoms. The zero-order valence-electron chi connectivity index (χ0n) is 11.8. The van der Waals surface area contributed by atoms with E-state index in [-0.39, 0.29) is 11.8 Å². The van der Waals surface area contributed by atoms with Crippen LogP contribution in [0.4, 0.5) is 0 Å². The first-order valence-electron chi connectivity index (χ1n) is 7.69. The van der Waals surface area contributed by atoms with Crippen molar-refractivity contribution in [3.8, 4) is 17.4 Å². The van der Waals surface area contributed by atoms with Gasteiger partial charge in [-0.15, -0.1) is 0 Å². The second-order valence-corrected chi connectivity index (χ2v) is 7.58. The normalized spacial score (nSPS) is 31.0. The minimum atomic E-state index is 0.172. The number of benzene rings is 1. The number of rotatable bonds is 1. The van der Waals surface area contributed by atoms with Gasteiger partial charge in [-0.3, -0.25) is 4.57 Å². The lowest BCUT2D eigenvalue weighted by Gasteiger charge is -2.35. The fraction of sp³-hybridized carbons (Fsp3) is 0.412. The van der Waals surface area contributed by atoms with Gasteiger partial charge in [0, 0.05) is 11.1 Å². The maximum absolute atomic E-state index is 10.8. The van der Waals surface area contributed by atoms with Gasteiger partial charge in [-0.2, -0.15) is 0 Å². The van der Waals surface area contributed by atoms with E-state index in [9.17, 15) is 10.2 Å². The third-order valence-corrected chi connectivity index (χ3v) is 6.55. The van der Waals surface area contributed by atoms with Crippen LogP contribution in [0.25, 0.3) is 5.69 Å². The molecule has 0 radical (unpaired) electrons. The molecule has 2 N–H and O–H groups in total. The van der Waals surface area contributed by atoms with Crippen molar-refractivity contribution < 1.29 is 10.2 Å². The molecule has 0 aliphatic heterocycles. The van der Waals surface area contributed by atoms with Crippen molar-refractivity contribution >= 4 is 23.2 Å². The van der Waals surface area contributed by atoms with Gasteiger partial charge in [0.05, 0.1) is 15.7 Å². The number of fused-ring (bicyclic) bond motifs is 1. The fourth-order valence-electron chi connectivity index (χ4n) is 4.85. The van der Waals surface area contributed by atoms with Gasteiger partial charge >= 0.3 is 0 Å². The molecule has 0 spiro atoms. The Morgan fingerprint density at radius 1 is 0.909 bits per heavy atom. The quantitative estimate of drug-likeness (QED) is 0.785. The third kappa shape index (κ3) is 1.49. The SMILES string of the molecule is Oc1c2c(c(O)n1-c1ccc(Cl)c(Cl)c1)[C@@H]1CC[C@H]2[C@H]2C[C@H]21. The van der Waals surface area contributed by atoms with Crippen molar-refractivity contribution in [3.63, 3.8) is 0 Å². The minimum absolute atomic E-state index is 0.172. The molecule has 4 atom stereocenters. The Labute approximate surface area is 138 Å². The van der Waals surface area contributed by atoms with E-state index < -0.39 is 0 Å². The largest absolute Gasteiger partial charge is 0.494 e. The number of hydrogen-bond acceptors (Lipinski definition) is 2. The molecule has 0 amide bonds. The lowest BCUT2D eigenvalue weighted by atomic mass is 9.68. The van der Waals surface area contributed by atoms with E-state index >= 15 is 0 Å². The summed E-state index contributed by atoms with van der Waals surface area (Å²) in [5, 5.41) is 22.4. The lowest BCUT2D eigenvalue weighted by molar-refractivity contribution is 0.322. The molecule has 0 saturated heterocycles. The van der Waals surface area contributed by atoms with Gasteiger partial charge in [-0.05, 0) is 61.1 Å². The molecular weight excluding hydrogens is 321 g/mol. The lowest BCUT2D eigenvalue weighted by Crippen LogP contribution is -2.22. The maximum Gasteiger partial charge on any atom is 0.202 e. The molecule has 6 rings (SSSR count). The van der Waals surface area contributed by atoms with Gasteiger partial charge in [0.2, 0.25) is 11.8 Å². The van der Waals surface area contributed by atoms with Crippen LogP contribution in [-0.2, 0) is 0 Å². The Morgan fingerprint density at radius 2 is 1.50 bits per heavy atom. The second-order valence-electron chi connectivity index (χ2n) is 6.76. The van der Waals surface area contributed by atoms with Crippen LogP contribution >= 0.6 is 23.2 Å². The number of aromatic nitrogens is 1. The molecule has 22 heavy (non-hydrogen) atoms. The van der Waals surface area contributed by atoms with Crippen LogP contribution in [0, 0.1) is 11.8 Å². The molecule has 114 valence electrons. The summed E-state index contributed by atoms with van der Waals surface area (Å²) in [7, 11) is 0. The monoisotopic (exact) mass is 335 g/mol. The second kappa shape index (κ2) is 4.15. The van der Waals surface area contributed by atoms with Crippen molar-refractivity contribution in [1.29, 1.82) is 0 Å². The molecule has 4 aliphatic carbocycles. The van der Waals surface area contributed by atoms with Crippen molar-refractivity contribution in [3.05, 3.63) is 39.4 Å². The highest BCUT2D eigenvalue weighted by molar-refractivity contribution is 6.42. The van der Waals surface area contributed by atoms with Gasteiger partial charge in [-0.1, -0.05) is 23.2 Å². The van der Waals surface area contributed by atoms with Crippen LogP contribution in [-0.4, -0.2) is 14.8 Å². The van der Waals surface area contributed by atoms with Crippen LogP contribution < -0.4 is 0 Å². The van der Waals surface area contributed by atoms with Crippen molar-refractivity contribution in [2.24, 2.45) is 11.8 Å². The van der Waals surface area contributed by atoms with E-state index in [0.717, 1.165) is 24.0 Å². The molecule has 0 unspecified atom stereocenters. The van der Waals surface area contributed by atoms with Gasteiger partial charge in [0.15, 0.2) is 0 Å². The molecule has 2 saturated carbocycles. The van der Waals surface area contributed by atoms with Gasteiger partial charge in [0.25, 0.3) is 0 Å². The van der Waals surface area contributed by atoms with Gasteiger partial charge in [-0.25, -0.2) is 0 Å². The number of halogens is 2. The molecule has 2 aromatic rings. The van der Waals surface area contributed by atoms with E-state index in [1.807, 2.05) is 0 Å². The first-order valence-corrected chi connectivity index (χ1v) is 8.45. The van der Waals surface area contributed by atoms with Crippen molar-refractivity contribution in [2.45, 2.75) is 31.1 Å². The Hall–Kier alpha value is -1.32.